The van der Waals surface area contributed by atoms with E-state index in [0.717, 1.165) is 13.0 Å². The van der Waals surface area contributed by atoms with Crippen LogP contribution in [0.4, 0.5) is 4.39 Å². The van der Waals surface area contributed by atoms with Gasteiger partial charge in [-0.25, -0.2) is 4.39 Å². The first kappa shape index (κ1) is 14.9. The molecule has 118 valence electrons. The number of para-hydroxylation sites is 1. The van der Waals surface area contributed by atoms with Crippen molar-refractivity contribution in [3.05, 3.63) is 42.0 Å². The van der Waals surface area contributed by atoms with E-state index in [1.165, 1.54) is 6.07 Å². The molecule has 0 aliphatic carbocycles. The Kier molecular flexibility index (Phi) is 4.35. The van der Waals surface area contributed by atoms with E-state index in [2.05, 4.69) is 20.3 Å². The number of benzene rings is 1. The molecule has 6 nitrogen and oxygen atoms in total. The molecule has 0 spiro atoms. The third kappa shape index (κ3) is 3.26. The fraction of sp³-hybridized carbons (Fsp3) is 0.467. The van der Waals surface area contributed by atoms with E-state index in [1.54, 1.807) is 24.4 Å². The summed E-state index contributed by atoms with van der Waals surface area (Å²) in [6, 6.07) is 6.35. The Hall–Kier alpha value is -1.99. The van der Waals surface area contributed by atoms with Crippen molar-refractivity contribution in [2.45, 2.75) is 18.4 Å². The quantitative estimate of drug-likeness (QED) is 0.871. The largest absolute Gasteiger partial charge is 0.489 e. The van der Waals surface area contributed by atoms with Gasteiger partial charge in [0, 0.05) is 13.1 Å². The Morgan fingerprint density at radius 2 is 2.27 bits per heavy atom. The first-order valence-corrected chi connectivity index (χ1v) is 7.36. The van der Waals surface area contributed by atoms with Crippen LogP contribution >= 0.6 is 0 Å². The Morgan fingerprint density at radius 1 is 1.41 bits per heavy atom. The lowest BCUT2D eigenvalue weighted by atomic mass is 9.90. The van der Waals surface area contributed by atoms with Crippen LogP contribution in [0.1, 0.15) is 18.5 Å². The predicted octanol–water partition coefficient (Wildman–Crippen LogP) is 1.31. The number of halogens is 1. The minimum Gasteiger partial charge on any atom is -0.489 e. The van der Waals surface area contributed by atoms with Crippen molar-refractivity contribution in [1.29, 1.82) is 0 Å². The first-order chi connectivity index (χ1) is 10.7. The van der Waals surface area contributed by atoms with E-state index in [-0.39, 0.29) is 11.6 Å². The Labute approximate surface area is 127 Å². The van der Waals surface area contributed by atoms with E-state index in [1.807, 2.05) is 0 Å². The Bertz CT molecular complexity index is 607. The molecule has 0 bridgehead atoms. The highest BCUT2D eigenvalue weighted by molar-refractivity contribution is 5.23. The standard InChI is InChI=1S/C15H19FN4O2/c16-12-4-1-2-5-13(12)22-9-8-20-7-3-6-15(21,11-20)14-10-17-19-18-14/h1-2,4-5,10,21H,3,6-9,11H2,(H,17,18,19)/t15-/m0/s1. The number of hydrogen-bond donors (Lipinski definition) is 2. The van der Waals surface area contributed by atoms with E-state index in [0.29, 0.717) is 31.8 Å². The number of ether oxygens (including phenoxy) is 1. The summed E-state index contributed by atoms with van der Waals surface area (Å²) in [5.41, 5.74) is -0.421. The van der Waals surface area contributed by atoms with Gasteiger partial charge in [-0.3, -0.25) is 4.90 Å². The number of aromatic nitrogens is 3. The smallest absolute Gasteiger partial charge is 0.165 e. The van der Waals surface area contributed by atoms with Crippen LogP contribution in [0.3, 0.4) is 0 Å². The molecule has 2 N–H and O–H groups in total. The molecule has 0 amide bonds. The van der Waals surface area contributed by atoms with Gasteiger partial charge in [0.25, 0.3) is 0 Å². The first-order valence-electron chi connectivity index (χ1n) is 7.36. The highest BCUT2D eigenvalue weighted by atomic mass is 19.1. The van der Waals surface area contributed by atoms with Gasteiger partial charge in [0.1, 0.15) is 17.9 Å². The van der Waals surface area contributed by atoms with Gasteiger partial charge in [-0.15, -0.1) is 0 Å². The molecule has 0 saturated carbocycles. The minimum absolute atomic E-state index is 0.256. The van der Waals surface area contributed by atoms with Crippen LogP contribution in [-0.2, 0) is 5.60 Å². The number of nitrogens with one attached hydrogen (secondary N) is 1. The highest BCUT2D eigenvalue weighted by Crippen LogP contribution is 2.29. The SMILES string of the molecule is O[C@@]1(c2cn[nH]n2)CCCN(CCOc2ccccc2F)C1. The van der Waals surface area contributed by atoms with Crippen LogP contribution in [0, 0.1) is 5.82 Å². The van der Waals surface area contributed by atoms with Gasteiger partial charge < -0.3 is 9.84 Å². The van der Waals surface area contributed by atoms with E-state index in [9.17, 15) is 9.50 Å². The number of piperidine rings is 1. The molecule has 2 heterocycles. The third-order valence-electron chi connectivity index (χ3n) is 3.94. The summed E-state index contributed by atoms with van der Waals surface area (Å²) in [7, 11) is 0. The van der Waals surface area contributed by atoms with Crippen molar-refractivity contribution < 1.29 is 14.2 Å². The molecule has 1 aromatic carbocycles. The predicted molar refractivity (Wildman–Crippen MR) is 77.8 cm³/mol. The Balaban J connectivity index is 1.54. The van der Waals surface area contributed by atoms with Crippen LogP contribution in [-0.4, -0.2) is 51.7 Å². The topological polar surface area (TPSA) is 74.3 Å². The number of rotatable bonds is 5. The van der Waals surface area contributed by atoms with E-state index < -0.39 is 5.60 Å². The number of likely N-dealkylation sites (tertiary alicyclic amines) is 1. The lowest BCUT2D eigenvalue weighted by Gasteiger charge is -2.37. The van der Waals surface area contributed by atoms with Crippen molar-refractivity contribution in [3.63, 3.8) is 0 Å². The molecule has 7 heteroatoms. The van der Waals surface area contributed by atoms with Gasteiger partial charge in [0.2, 0.25) is 0 Å². The van der Waals surface area contributed by atoms with Gasteiger partial charge in [0.15, 0.2) is 11.6 Å². The van der Waals surface area contributed by atoms with Crippen LogP contribution in [0.5, 0.6) is 5.75 Å². The summed E-state index contributed by atoms with van der Waals surface area (Å²) in [6.45, 7) is 2.34. The van der Waals surface area contributed by atoms with Crippen LogP contribution in [0.15, 0.2) is 30.5 Å². The molecule has 1 aromatic heterocycles. The minimum atomic E-state index is -0.983. The highest BCUT2D eigenvalue weighted by Gasteiger charge is 2.36. The number of hydrogen-bond acceptors (Lipinski definition) is 5. The maximum atomic E-state index is 13.5. The van der Waals surface area contributed by atoms with Gasteiger partial charge in [0.05, 0.1) is 6.20 Å². The number of β-amino-alcohol motifs (C(OH)–C–C–N with tert-alkyl or cyclic N) is 1. The van der Waals surface area contributed by atoms with Crippen LogP contribution < -0.4 is 4.74 Å². The fourth-order valence-electron chi connectivity index (χ4n) is 2.80. The normalized spacial score (nSPS) is 22.6. The van der Waals surface area contributed by atoms with Crippen molar-refractivity contribution >= 4 is 0 Å². The van der Waals surface area contributed by atoms with E-state index >= 15 is 0 Å². The van der Waals surface area contributed by atoms with Gasteiger partial charge in [-0.1, -0.05) is 12.1 Å². The molecule has 1 atom stereocenters. The molecular weight excluding hydrogens is 287 g/mol. The van der Waals surface area contributed by atoms with Crippen molar-refractivity contribution in [1.82, 2.24) is 20.3 Å². The van der Waals surface area contributed by atoms with Crippen molar-refractivity contribution in [2.24, 2.45) is 0 Å². The zero-order valence-electron chi connectivity index (χ0n) is 12.2. The third-order valence-corrected chi connectivity index (χ3v) is 3.94. The Morgan fingerprint density at radius 3 is 3.05 bits per heavy atom. The summed E-state index contributed by atoms with van der Waals surface area (Å²) >= 11 is 0. The van der Waals surface area contributed by atoms with Crippen LogP contribution in [0.2, 0.25) is 0 Å². The maximum Gasteiger partial charge on any atom is 0.165 e. The molecule has 3 rings (SSSR count). The lowest BCUT2D eigenvalue weighted by Crippen LogP contribution is -2.47. The zero-order chi connectivity index (χ0) is 15.4. The average Bonchev–Trinajstić information content (AvgIpc) is 3.05. The number of aliphatic hydroxyl groups is 1. The number of H-pyrrole nitrogens is 1. The molecule has 2 aromatic rings. The fourth-order valence-corrected chi connectivity index (χ4v) is 2.80. The molecule has 1 fully saturated rings. The second-order valence-corrected chi connectivity index (χ2v) is 5.55. The monoisotopic (exact) mass is 306 g/mol. The average molecular weight is 306 g/mol. The van der Waals surface area contributed by atoms with Crippen molar-refractivity contribution in [2.75, 3.05) is 26.2 Å². The number of aromatic amines is 1. The molecule has 1 aliphatic rings. The lowest BCUT2D eigenvalue weighted by molar-refractivity contribution is -0.0413. The summed E-state index contributed by atoms with van der Waals surface area (Å²) in [6.07, 6.45) is 3.08. The van der Waals surface area contributed by atoms with Gasteiger partial charge in [-0.2, -0.15) is 15.4 Å². The molecule has 1 aliphatic heterocycles. The maximum absolute atomic E-state index is 13.5. The summed E-state index contributed by atoms with van der Waals surface area (Å²) in [5, 5.41) is 21.0. The van der Waals surface area contributed by atoms with Gasteiger partial charge in [-0.05, 0) is 31.5 Å². The second-order valence-electron chi connectivity index (χ2n) is 5.55. The number of nitrogens with zero attached hydrogens (tertiary/aromatic N) is 3. The molecule has 0 radical (unpaired) electrons. The molecule has 1 saturated heterocycles. The van der Waals surface area contributed by atoms with Crippen molar-refractivity contribution in [3.8, 4) is 5.75 Å². The van der Waals surface area contributed by atoms with E-state index in [4.69, 9.17) is 4.74 Å². The summed E-state index contributed by atoms with van der Waals surface area (Å²) in [4.78, 5) is 2.10. The second kappa shape index (κ2) is 6.41. The zero-order valence-corrected chi connectivity index (χ0v) is 12.2. The molecule has 0 unspecified atom stereocenters. The molecule has 22 heavy (non-hydrogen) atoms. The van der Waals surface area contributed by atoms with Gasteiger partial charge >= 0.3 is 0 Å². The van der Waals surface area contributed by atoms with Crippen LogP contribution in [0.25, 0.3) is 0 Å². The molecular formula is C15H19FN4O2. The summed E-state index contributed by atoms with van der Waals surface area (Å²) < 4.78 is 18.9. The summed E-state index contributed by atoms with van der Waals surface area (Å²) in [5.74, 6) is -0.105.